The van der Waals surface area contributed by atoms with Crippen LogP contribution in [0.1, 0.15) is 55.4 Å². The molecule has 208 valence electrons. The van der Waals surface area contributed by atoms with Crippen LogP contribution in [0.2, 0.25) is 0 Å². The summed E-state index contributed by atoms with van der Waals surface area (Å²) < 4.78 is 85.9. The summed E-state index contributed by atoms with van der Waals surface area (Å²) in [5.41, 5.74) is 2.59. The first-order valence-electron chi connectivity index (χ1n) is 12.7. The van der Waals surface area contributed by atoms with Crippen molar-refractivity contribution in [2.24, 2.45) is 0 Å². The van der Waals surface area contributed by atoms with Crippen molar-refractivity contribution in [3.63, 3.8) is 0 Å². The highest BCUT2D eigenvalue weighted by Gasteiger charge is 2.32. The number of fused-ring (bicyclic) bond motifs is 5. The Morgan fingerprint density at radius 2 is 1.00 bits per heavy atom. The van der Waals surface area contributed by atoms with Gasteiger partial charge in [-0.15, -0.1) is 45.3 Å². The van der Waals surface area contributed by atoms with Crippen molar-refractivity contribution in [1.82, 2.24) is 0 Å². The van der Waals surface area contributed by atoms with Gasteiger partial charge < -0.3 is 0 Å². The van der Waals surface area contributed by atoms with Crippen molar-refractivity contribution in [2.75, 3.05) is 0 Å². The van der Waals surface area contributed by atoms with Gasteiger partial charge in [-0.05, 0) is 58.9 Å². The van der Waals surface area contributed by atoms with E-state index in [-0.39, 0.29) is 5.92 Å². The van der Waals surface area contributed by atoms with Gasteiger partial charge in [0.2, 0.25) is 0 Å². The highest BCUT2D eigenvalue weighted by Crippen LogP contribution is 2.56. The first kappa shape index (κ1) is 27.8. The third-order valence-corrected chi connectivity index (χ3v) is 12.6. The maximum Gasteiger partial charge on any atom is 0.416 e. The average Bonchev–Trinajstić information content (AvgIpc) is 3.61. The molecule has 10 heteroatoms. The quantitative estimate of drug-likeness (QED) is 0.167. The molecule has 4 aromatic heterocycles. The van der Waals surface area contributed by atoms with Gasteiger partial charge in [-0.3, -0.25) is 0 Å². The van der Waals surface area contributed by atoms with Crippen molar-refractivity contribution in [3.05, 3.63) is 70.8 Å². The van der Waals surface area contributed by atoms with Crippen LogP contribution in [0.25, 0.3) is 49.1 Å². The molecule has 0 atom stereocenters. The van der Waals surface area contributed by atoms with Gasteiger partial charge in [0, 0.05) is 9.75 Å². The maximum atomic E-state index is 13.1. The number of rotatable bonds is 5. The number of hydrogen-bond acceptors (Lipinski definition) is 4. The minimum atomic E-state index is -4.38. The maximum absolute atomic E-state index is 13.1. The zero-order chi connectivity index (χ0) is 28.6. The van der Waals surface area contributed by atoms with Gasteiger partial charge in [0.05, 0.1) is 39.3 Å². The topological polar surface area (TPSA) is 0 Å². The molecule has 0 N–H and O–H groups in total. The molecule has 0 aliphatic carbocycles. The largest absolute Gasteiger partial charge is 0.416 e. The Hall–Kier alpha value is -2.40. The van der Waals surface area contributed by atoms with Crippen LogP contribution in [0.3, 0.4) is 0 Å². The monoisotopic (exact) mass is 624 g/mol. The van der Waals surface area contributed by atoms with E-state index in [0.717, 1.165) is 73.0 Å². The molecule has 0 saturated carbocycles. The van der Waals surface area contributed by atoms with Crippen molar-refractivity contribution in [1.29, 1.82) is 0 Å². The summed E-state index contributed by atoms with van der Waals surface area (Å²) in [5.74, 6) is 0.177. The second-order valence-corrected chi connectivity index (χ2v) is 14.1. The highest BCUT2D eigenvalue weighted by molar-refractivity contribution is 7.45. The van der Waals surface area contributed by atoms with Crippen LogP contribution in [0.5, 0.6) is 0 Å². The molecule has 0 aliphatic rings. The fraction of sp³-hybridized carbons (Fsp3) is 0.267. The molecule has 0 radical (unpaired) electrons. The van der Waals surface area contributed by atoms with Crippen LogP contribution >= 0.6 is 45.3 Å². The van der Waals surface area contributed by atoms with Gasteiger partial charge in [-0.1, -0.05) is 51.5 Å². The Labute approximate surface area is 242 Å². The smallest absolute Gasteiger partial charge is 0.166 e. The number of hydrogen-bond donors (Lipinski definition) is 0. The number of aryl methyl sites for hydroxylation is 1. The summed E-state index contributed by atoms with van der Waals surface area (Å²) in [4.78, 5) is 2.02. The van der Waals surface area contributed by atoms with E-state index in [1.807, 2.05) is 0 Å². The predicted molar refractivity (Wildman–Crippen MR) is 159 cm³/mol. The lowest BCUT2D eigenvalue weighted by molar-refractivity contribution is -0.138. The molecule has 0 spiro atoms. The van der Waals surface area contributed by atoms with E-state index in [9.17, 15) is 26.3 Å². The zero-order valence-corrected chi connectivity index (χ0v) is 24.8. The molecule has 2 aromatic carbocycles. The van der Waals surface area contributed by atoms with E-state index in [2.05, 4.69) is 20.8 Å². The van der Waals surface area contributed by atoms with E-state index >= 15 is 0 Å². The van der Waals surface area contributed by atoms with Crippen molar-refractivity contribution >= 4 is 73.5 Å². The Morgan fingerprint density at radius 3 is 1.48 bits per heavy atom. The van der Waals surface area contributed by atoms with Gasteiger partial charge in [0.15, 0.2) is 0 Å². The minimum absolute atomic E-state index is 0.177. The molecule has 0 unspecified atom stereocenters. The standard InChI is InChI=1S/C30H22F6S4/c1-4-5-19-21(15-6-10-17(11-7-15)29(31,32)33)37-25-23(19)39-28-26-24(40-27(25)28)20(14(2)3)22(38-26)16-8-12-18(13-9-16)30(34,35)36/h6-14H,4-5H2,1-3H3. The molecular weight excluding hydrogens is 603 g/mol. The van der Waals surface area contributed by atoms with Crippen LogP contribution < -0.4 is 0 Å². The first-order valence-corrected chi connectivity index (χ1v) is 15.9. The Balaban J connectivity index is 1.51. The number of thiophene rings is 4. The van der Waals surface area contributed by atoms with Crippen molar-refractivity contribution in [2.45, 2.75) is 51.9 Å². The molecular formula is C30H22F6S4. The third-order valence-electron chi connectivity index (χ3n) is 6.91. The molecule has 6 rings (SSSR count). The molecule has 0 saturated heterocycles. The molecule has 4 heterocycles. The first-order chi connectivity index (χ1) is 18.9. The van der Waals surface area contributed by atoms with Crippen LogP contribution in [0.15, 0.2) is 48.5 Å². The van der Waals surface area contributed by atoms with Gasteiger partial charge in [-0.2, -0.15) is 26.3 Å². The van der Waals surface area contributed by atoms with Gasteiger partial charge in [0.25, 0.3) is 0 Å². The summed E-state index contributed by atoms with van der Waals surface area (Å²) in [6.07, 6.45) is -7.01. The van der Waals surface area contributed by atoms with E-state index in [1.165, 1.54) is 24.4 Å². The molecule has 0 amide bonds. The summed E-state index contributed by atoms with van der Waals surface area (Å²) in [6, 6.07) is 10.8. The molecule has 40 heavy (non-hydrogen) atoms. The van der Waals surface area contributed by atoms with Gasteiger partial charge in [-0.25, -0.2) is 0 Å². The summed E-state index contributed by atoms with van der Waals surface area (Å²) in [5, 5.41) is 0. The molecule has 6 aromatic rings. The lowest BCUT2D eigenvalue weighted by atomic mass is 9.99. The van der Waals surface area contributed by atoms with Crippen LogP contribution in [-0.4, -0.2) is 0 Å². The Bertz CT molecular complexity index is 1840. The Kier molecular flexibility index (Phi) is 6.84. The average molecular weight is 625 g/mol. The highest BCUT2D eigenvalue weighted by atomic mass is 32.1. The Morgan fingerprint density at radius 1 is 0.575 bits per heavy atom. The van der Waals surface area contributed by atoms with Crippen molar-refractivity contribution < 1.29 is 26.3 Å². The molecule has 0 bridgehead atoms. The van der Waals surface area contributed by atoms with Gasteiger partial charge in [0.1, 0.15) is 0 Å². The van der Waals surface area contributed by atoms with Crippen LogP contribution in [0.4, 0.5) is 26.3 Å². The number of alkyl halides is 6. The predicted octanol–water partition coefficient (Wildman–Crippen LogP) is 12.8. The van der Waals surface area contributed by atoms with Crippen molar-refractivity contribution in [3.8, 4) is 20.9 Å². The van der Waals surface area contributed by atoms with E-state index in [1.54, 1.807) is 69.6 Å². The fourth-order valence-electron chi connectivity index (χ4n) is 5.05. The molecule has 0 aliphatic heterocycles. The number of halogens is 6. The van der Waals surface area contributed by atoms with E-state index in [0.29, 0.717) is 0 Å². The fourth-order valence-corrected chi connectivity index (χ4v) is 11.5. The lowest BCUT2D eigenvalue weighted by Crippen LogP contribution is -2.04. The molecule has 0 nitrogen and oxygen atoms in total. The summed E-state index contributed by atoms with van der Waals surface area (Å²) >= 11 is 6.72. The van der Waals surface area contributed by atoms with E-state index < -0.39 is 23.5 Å². The second kappa shape index (κ2) is 9.86. The number of benzene rings is 2. The normalized spacial score (nSPS) is 13.1. The lowest BCUT2D eigenvalue weighted by Gasteiger charge is -2.10. The molecule has 0 fully saturated rings. The zero-order valence-electron chi connectivity index (χ0n) is 21.5. The van der Waals surface area contributed by atoms with Crippen LogP contribution in [0, 0.1) is 0 Å². The summed E-state index contributed by atoms with van der Waals surface area (Å²) in [6.45, 7) is 6.30. The SMILES string of the molecule is CCCc1c(-c2ccc(C(F)(F)F)cc2)sc2c1sc1c3sc(-c4ccc(C(F)(F)F)cc4)c(C(C)C)c3sc21. The minimum Gasteiger partial charge on any atom is -0.166 e. The third kappa shape index (κ3) is 4.57. The van der Waals surface area contributed by atoms with E-state index in [4.69, 9.17) is 0 Å². The second-order valence-electron chi connectivity index (χ2n) is 9.99. The van der Waals surface area contributed by atoms with Crippen LogP contribution in [-0.2, 0) is 18.8 Å². The van der Waals surface area contributed by atoms with Gasteiger partial charge >= 0.3 is 12.4 Å². The summed E-state index contributed by atoms with van der Waals surface area (Å²) in [7, 11) is 0.